The molecule has 2 atom stereocenters. The summed E-state index contributed by atoms with van der Waals surface area (Å²) in [5, 5.41) is 9.63. The van der Waals surface area contributed by atoms with Crippen molar-refractivity contribution in [3.05, 3.63) is 23.3 Å². The molecule has 1 N–H and O–H groups in total. The Balaban J connectivity index is 2.45. The van der Waals surface area contributed by atoms with Crippen molar-refractivity contribution in [2.75, 3.05) is 7.11 Å². The number of halogens is 3. The van der Waals surface area contributed by atoms with E-state index in [1.54, 1.807) is 6.07 Å². The summed E-state index contributed by atoms with van der Waals surface area (Å²) < 4.78 is 36.8. The molecule has 0 bridgehead atoms. The molecule has 0 radical (unpaired) electrons. The van der Waals surface area contributed by atoms with Crippen LogP contribution in [0.25, 0.3) is 0 Å². The maximum Gasteiger partial charge on any atom is 0.330 e. The fourth-order valence-corrected chi connectivity index (χ4v) is 2.27. The van der Waals surface area contributed by atoms with Crippen LogP contribution in [-0.2, 0) is 6.42 Å². The standard InChI is InChI=1S/C12H13BrF2O3/c1-6-3-7-4-10(17-2)8(5-9(7)18-6)11(16)12(13,14)15/h4-6,11,16H,3H2,1-2H3. The molecule has 0 amide bonds. The molecule has 6 heteroatoms. The van der Waals surface area contributed by atoms with Crippen LogP contribution in [0.4, 0.5) is 8.78 Å². The molecule has 1 heterocycles. The predicted octanol–water partition coefficient (Wildman–Crippen LogP) is 3.04. The van der Waals surface area contributed by atoms with Crippen LogP contribution in [0.3, 0.4) is 0 Å². The second-order valence-electron chi connectivity index (χ2n) is 4.28. The molecular formula is C12H13BrF2O3. The summed E-state index contributed by atoms with van der Waals surface area (Å²) in [5.41, 5.74) is 0.903. The van der Waals surface area contributed by atoms with Crippen molar-refractivity contribution >= 4 is 15.9 Å². The monoisotopic (exact) mass is 322 g/mol. The Morgan fingerprint density at radius 2 is 2.22 bits per heavy atom. The number of aliphatic hydroxyl groups excluding tert-OH is 1. The van der Waals surface area contributed by atoms with Gasteiger partial charge in [0.05, 0.1) is 7.11 Å². The zero-order valence-electron chi connectivity index (χ0n) is 9.91. The smallest absolute Gasteiger partial charge is 0.330 e. The molecule has 0 fully saturated rings. The van der Waals surface area contributed by atoms with E-state index in [4.69, 9.17) is 9.47 Å². The van der Waals surface area contributed by atoms with E-state index in [1.165, 1.54) is 13.2 Å². The number of ether oxygens (including phenoxy) is 2. The number of alkyl halides is 3. The van der Waals surface area contributed by atoms with Gasteiger partial charge in [0, 0.05) is 17.5 Å². The van der Waals surface area contributed by atoms with Crippen molar-refractivity contribution < 1.29 is 23.4 Å². The maximum absolute atomic E-state index is 13.1. The van der Waals surface area contributed by atoms with E-state index < -0.39 is 10.9 Å². The van der Waals surface area contributed by atoms with Gasteiger partial charge in [-0.25, -0.2) is 0 Å². The Hall–Kier alpha value is -0.880. The highest BCUT2D eigenvalue weighted by Crippen LogP contribution is 2.44. The minimum absolute atomic E-state index is 0.00146. The van der Waals surface area contributed by atoms with Gasteiger partial charge in [0.1, 0.15) is 17.6 Å². The van der Waals surface area contributed by atoms with Crippen molar-refractivity contribution in [2.45, 2.75) is 30.4 Å². The zero-order valence-corrected chi connectivity index (χ0v) is 11.5. The highest BCUT2D eigenvalue weighted by Gasteiger charge is 2.39. The van der Waals surface area contributed by atoms with Crippen molar-refractivity contribution in [2.24, 2.45) is 0 Å². The van der Waals surface area contributed by atoms with Crippen molar-refractivity contribution in [3.63, 3.8) is 0 Å². The number of benzene rings is 1. The van der Waals surface area contributed by atoms with Crippen LogP contribution in [0.5, 0.6) is 11.5 Å². The van der Waals surface area contributed by atoms with Crippen molar-refractivity contribution in [1.82, 2.24) is 0 Å². The highest BCUT2D eigenvalue weighted by atomic mass is 79.9. The molecule has 1 aliphatic rings. The number of methoxy groups -OCH3 is 1. The van der Waals surface area contributed by atoms with Gasteiger partial charge in [-0.3, -0.25) is 0 Å². The molecule has 100 valence electrons. The third kappa shape index (κ3) is 2.44. The molecule has 0 spiro atoms. The summed E-state index contributed by atoms with van der Waals surface area (Å²) in [6.07, 6.45) is -1.29. The number of fused-ring (bicyclic) bond motifs is 1. The van der Waals surface area contributed by atoms with Gasteiger partial charge < -0.3 is 14.6 Å². The second kappa shape index (κ2) is 4.66. The first-order valence-corrected chi connectivity index (χ1v) is 6.24. The van der Waals surface area contributed by atoms with Crippen LogP contribution in [0, 0.1) is 0 Å². The molecule has 0 saturated carbocycles. The lowest BCUT2D eigenvalue weighted by molar-refractivity contribution is -0.0305. The van der Waals surface area contributed by atoms with Gasteiger partial charge in [-0.05, 0) is 35.0 Å². The minimum Gasteiger partial charge on any atom is -0.496 e. The van der Waals surface area contributed by atoms with Crippen molar-refractivity contribution in [1.29, 1.82) is 0 Å². The molecule has 2 rings (SSSR count). The van der Waals surface area contributed by atoms with Gasteiger partial charge >= 0.3 is 4.83 Å². The Kier molecular flexibility index (Phi) is 3.51. The summed E-state index contributed by atoms with van der Waals surface area (Å²) in [4.78, 5) is -3.42. The van der Waals surface area contributed by atoms with Crippen LogP contribution >= 0.6 is 15.9 Å². The molecule has 0 saturated heterocycles. The molecular weight excluding hydrogens is 310 g/mol. The van der Waals surface area contributed by atoms with E-state index in [0.717, 1.165) is 5.56 Å². The first-order chi connectivity index (χ1) is 8.32. The first kappa shape index (κ1) is 13.5. The quantitative estimate of drug-likeness (QED) is 0.869. The predicted molar refractivity (Wildman–Crippen MR) is 65.6 cm³/mol. The molecule has 2 unspecified atom stereocenters. The molecule has 1 aliphatic heterocycles. The molecule has 1 aromatic carbocycles. The summed E-state index contributed by atoms with van der Waals surface area (Å²) in [5.74, 6) is 0.757. The fourth-order valence-electron chi connectivity index (χ4n) is 2.02. The molecule has 3 nitrogen and oxygen atoms in total. The van der Waals surface area contributed by atoms with Crippen LogP contribution in [0.2, 0.25) is 0 Å². The normalized spacial score (nSPS) is 20.2. The van der Waals surface area contributed by atoms with Crippen LogP contribution in [0.15, 0.2) is 12.1 Å². The topological polar surface area (TPSA) is 38.7 Å². The van der Waals surface area contributed by atoms with Gasteiger partial charge in [-0.1, -0.05) is 0 Å². The third-order valence-corrected chi connectivity index (χ3v) is 3.29. The van der Waals surface area contributed by atoms with Gasteiger partial charge in [0.15, 0.2) is 6.10 Å². The average Bonchev–Trinajstić information content (AvgIpc) is 2.64. The van der Waals surface area contributed by atoms with Crippen LogP contribution < -0.4 is 9.47 Å². The van der Waals surface area contributed by atoms with Crippen molar-refractivity contribution in [3.8, 4) is 11.5 Å². The van der Waals surface area contributed by atoms with E-state index in [9.17, 15) is 13.9 Å². The molecule has 1 aromatic rings. The second-order valence-corrected chi connectivity index (χ2v) is 5.34. The number of hydrogen-bond acceptors (Lipinski definition) is 3. The Morgan fingerprint density at radius 1 is 1.56 bits per heavy atom. The molecule has 0 aliphatic carbocycles. The van der Waals surface area contributed by atoms with E-state index >= 15 is 0 Å². The van der Waals surface area contributed by atoms with Crippen LogP contribution in [0.1, 0.15) is 24.2 Å². The van der Waals surface area contributed by atoms with E-state index in [2.05, 4.69) is 15.9 Å². The lowest BCUT2D eigenvalue weighted by atomic mass is 10.0. The fraction of sp³-hybridized carbons (Fsp3) is 0.500. The van der Waals surface area contributed by atoms with E-state index in [1.807, 2.05) is 6.92 Å². The summed E-state index contributed by atoms with van der Waals surface area (Å²) in [7, 11) is 1.38. The first-order valence-electron chi connectivity index (χ1n) is 5.45. The van der Waals surface area contributed by atoms with Gasteiger partial charge in [-0.2, -0.15) is 8.78 Å². The van der Waals surface area contributed by atoms with E-state index in [0.29, 0.717) is 12.2 Å². The number of rotatable bonds is 3. The lowest BCUT2D eigenvalue weighted by Crippen LogP contribution is -2.19. The van der Waals surface area contributed by atoms with Gasteiger partial charge in [0.25, 0.3) is 0 Å². The summed E-state index contributed by atoms with van der Waals surface area (Å²) in [6.45, 7) is 1.89. The largest absolute Gasteiger partial charge is 0.496 e. The molecule has 18 heavy (non-hydrogen) atoms. The Morgan fingerprint density at radius 3 is 2.78 bits per heavy atom. The zero-order chi connectivity index (χ0) is 13.5. The average molecular weight is 323 g/mol. The number of hydrogen-bond donors (Lipinski definition) is 1. The summed E-state index contributed by atoms with van der Waals surface area (Å²) >= 11 is 2.16. The third-order valence-electron chi connectivity index (χ3n) is 2.85. The van der Waals surface area contributed by atoms with Gasteiger partial charge in [-0.15, -0.1) is 0 Å². The SMILES string of the molecule is COc1cc2c(cc1C(O)C(F)(F)Br)OC(C)C2. The van der Waals surface area contributed by atoms with Gasteiger partial charge in [0.2, 0.25) is 0 Å². The maximum atomic E-state index is 13.1. The lowest BCUT2D eigenvalue weighted by Gasteiger charge is -2.20. The highest BCUT2D eigenvalue weighted by molar-refractivity contribution is 9.10. The summed E-state index contributed by atoms with van der Waals surface area (Å²) in [6, 6.07) is 3.05. The number of aliphatic hydroxyl groups is 1. The minimum atomic E-state index is -3.42. The molecule has 0 aromatic heterocycles. The van der Waals surface area contributed by atoms with E-state index in [-0.39, 0.29) is 17.4 Å². The Labute approximate surface area is 112 Å². The van der Waals surface area contributed by atoms with Crippen LogP contribution in [-0.4, -0.2) is 23.2 Å². The Bertz CT molecular complexity index is 459.